The zero-order chi connectivity index (χ0) is 21.0. The summed E-state index contributed by atoms with van der Waals surface area (Å²) in [6.45, 7) is 1.78. The van der Waals surface area contributed by atoms with Crippen LogP contribution in [0.1, 0.15) is 24.9 Å². The summed E-state index contributed by atoms with van der Waals surface area (Å²) in [4.78, 5) is 38.4. The largest absolute Gasteiger partial charge is 0.455 e. The van der Waals surface area contributed by atoms with E-state index < -0.39 is 24.4 Å². The normalized spacial score (nSPS) is 17.1. The van der Waals surface area contributed by atoms with Crippen LogP contribution < -0.4 is 5.32 Å². The number of halogens is 2. The summed E-state index contributed by atoms with van der Waals surface area (Å²) in [7, 11) is 0. The molecule has 0 spiro atoms. The molecule has 1 aliphatic rings. The van der Waals surface area contributed by atoms with Gasteiger partial charge >= 0.3 is 5.97 Å². The predicted octanol–water partition coefficient (Wildman–Crippen LogP) is 4.19. The molecule has 0 saturated carbocycles. The number of nitrogens with zero attached hydrogens (tertiary/aromatic N) is 1. The molecule has 8 heteroatoms. The predicted molar refractivity (Wildman–Crippen MR) is 113 cm³/mol. The van der Waals surface area contributed by atoms with Gasteiger partial charge in [-0.25, -0.2) is 0 Å². The van der Waals surface area contributed by atoms with Gasteiger partial charge in [0.1, 0.15) is 0 Å². The number of carbonyl (C=O) groups is 3. The first-order chi connectivity index (χ1) is 13.8. The molecule has 1 fully saturated rings. The molecule has 0 radical (unpaired) electrons. The fourth-order valence-electron chi connectivity index (χ4n) is 3.20. The summed E-state index contributed by atoms with van der Waals surface area (Å²) in [5.74, 6) is -1.71. The lowest BCUT2D eigenvalue weighted by atomic mass is 10.1. The second kappa shape index (κ2) is 9.41. The van der Waals surface area contributed by atoms with Gasteiger partial charge in [0.05, 0.1) is 17.0 Å². The summed E-state index contributed by atoms with van der Waals surface area (Å²) < 4.78 is 5.84. The van der Waals surface area contributed by atoms with Crippen LogP contribution in [0.5, 0.6) is 0 Å². The van der Waals surface area contributed by atoms with E-state index in [0.717, 1.165) is 5.56 Å². The Hall–Kier alpha value is -2.38. The Morgan fingerprint density at radius 2 is 2.00 bits per heavy atom. The van der Waals surface area contributed by atoms with Crippen molar-refractivity contribution in [3.8, 4) is 0 Å². The number of amides is 2. The number of carbonyl (C=O) groups excluding carboxylic acids is 3. The van der Waals surface area contributed by atoms with E-state index in [1.54, 1.807) is 23.1 Å². The summed E-state index contributed by atoms with van der Waals surface area (Å²) in [6.07, 6.45) is 0.0833. The molecule has 0 aromatic heterocycles. The van der Waals surface area contributed by atoms with E-state index in [4.69, 9.17) is 16.3 Å². The third-order valence-electron chi connectivity index (χ3n) is 4.79. The highest BCUT2D eigenvalue weighted by Gasteiger charge is 2.38. The van der Waals surface area contributed by atoms with Crippen molar-refractivity contribution in [2.24, 2.45) is 5.92 Å². The Kier molecular flexibility index (Phi) is 6.92. The van der Waals surface area contributed by atoms with E-state index >= 15 is 0 Å². The molecular formula is C21H20BrClN2O4. The maximum absolute atomic E-state index is 12.4. The second-order valence-electron chi connectivity index (χ2n) is 6.82. The summed E-state index contributed by atoms with van der Waals surface area (Å²) in [5, 5.41) is 3.07. The first kappa shape index (κ1) is 21.3. The van der Waals surface area contributed by atoms with Crippen LogP contribution in [0, 0.1) is 5.92 Å². The van der Waals surface area contributed by atoms with Gasteiger partial charge in [0.15, 0.2) is 6.61 Å². The van der Waals surface area contributed by atoms with Crippen LogP contribution in [0.15, 0.2) is 53.0 Å². The molecule has 1 aliphatic heterocycles. The van der Waals surface area contributed by atoms with Crippen molar-refractivity contribution < 1.29 is 19.1 Å². The molecule has 0 unspecified atom stereocenters. The number of likely N-dealkylation sites (tertiary alicyclic amines) is 1. The molecule has 1 N–H and O–H groups in total. The quantitative estimate of drug-likeness (QED) is 0.630. The van der Waals surface area contributed by atoms with E-state index in [1.807, 2.05) is 37.3 Å². The highest BCUT2D eigenvalue weighted by molar-refractivity contribution is 9.10. The van der Waals surface area contributed by atoms with Crippen molar-refractivity contribution in [2.75, 3.05) is 18.5 Å². The second-order valence-corrected chi connectivity index (χ2v) is 8.08. The first-order valence-corrected chi connectivity index (χ1v) is 10.3. The van der Waals surface area contributed by atoms with Crippen LogP contribution in [0.25, 0.3) is 0 Å². The standard InChI is InChI=1S/C21H20BrClN2O4/c1-13(14-5-3-2-4-6-14)25-11-15(9-20(25)27)21(28)29-12-19(26)24-16-7-8-17(22)18(23)10-16/h2-8,10,13,15H,9,11-12H2,1H3,(H,24,26)/t13-,15+/m1/s1. The van der Waals surface area contributed by atoms with Gasteiger partial charge < -0.3 is 15.0 Å². The van der Waals surface area contributed by atoms with Crippen LogP contribution in [0.4, 0.5) is 5.69 Å². The zero-order valence-electron chi connectivity index (χ0n) is 15.7. The minimum absolute atomic E-state index is 0.0833. The molecule has 2 atom stereocenters. The highest BCUT2D eigenvalue weighted by atomic mass is 79.9. The van der Waals surface area contributed by atoms with Crippen LogP contribution >= 0.6 is 27.5 Å². The van der Waals surface area contributed by atoms with Gasteiger partial charge in [0.2, 0.25) is 5.91 Å². The molecule has 2 aromatic rings. The Morgan fingerprint density at radius 3 is 2.69 bits per heavy atom. The van der Waals surface area contributed by atoms with Crippen molar-refractivity contribution in [1.82, 2.24) is 4.90 Å². The van der Waals surface area contributed by atoms with Crippen LogP contribution in [0.2, 0.25) is 5.02 Å². The van der Waals surface area contributed by atoms with Crippen molar-refractivity contribution in [2.45, 2.75) is 19.4 Å². The van der Waals surface area contributed by atoms with Gasteiger partial charge in [-0.3, -0.25) is 14.4 Å². The lowest BCUT2D eigenvalue weighted by molar-refractivity contribution is -0.151. The minimum atomic E-state index is -0.580. The Bertz CT molecular complexity index is 922. The number of anilines is 1. The van der Waals surface area contributed by atoms with Crippen LogP contribution in [-0.2, 0) is 19.1 Å². The van der Waals surface area contributed by atoms with E-state index in [2.05, 4.69) is 21.2 Å². The summed E-state index contributed by atoms with van der Waals surface area (Å²) in [6, 6.07) is 14.5. The Labute approximate surface area is 182 Å². The molecule has 2 amide bonds. The highest BCUT2D eigenvalue weighted by Crippen LogP contribution is 2.29. The molecule has 29 heavy (non-hydrogen) atoms. The topological polar surface area (TPSA) is 75.7 Å². The lowest BCUT2D eigenvalue weighted by Crippen LogP contribution is -2.30. The molecule has 0 bridgehead atoms. The average molecular weight is 480 g/mol. The number of hydrogen-bond acceptors (Lipinski definition) is 4. The van der Waals surface area contributed by atoms with Gasteiger partial charge in [-0.15, -0.1) is 0 Å². The zero-order valence-corrected chi connectivity index (χ0v) is 18.1. The molecule has 6 nitrogen and oxygen atoms in total. The smallest absolute Gasteiger partial charge is 0.311 e. The van der Waals surface area contributed by atoms with Gasteiger partial charge in [0, 0.05) is 23.1 Å². The number of ether oxygens (including phenoxy) is 1. The number of esters is 1. The monoisotopic (exact) mass is 478 g/mol. The lowest BCUT2D eigenvalue weighted by Gasteiger charge is -2.25. The van der Waals surface area contributed by atoms with Crippen molar-refractivity contribution in [3.63, 3.8) is 0 Å². The molecular weight excluding hydrogens is 460 g/mol. The number of hydrogen-bond donors (Lipinski definition) is 1. The van der Waals surface area contributed by atoms with E-state index in [-0.39, 0.29) is 24.9 Å². The van der Waals surface area contributed by atoms with Crippen molar-refractivity contribution >= 4 is 51.0 Å². The fourth-order valence-corrected chi connectivity index (χ4v) is 3.63. The van der Waals surface area contributed by atoms with Crippen molar-refractivity contribution in [3.05, 3.63) is 63.6 Å². The van der Waals surface area contributed by atoms with Gasteiger partial charge in [0.25, 0.3) is 5.91 Å². The van der Waals surface area contributed by atoms with Crippen molar-refractivity contribution in [1.29, 1.82) is 0 Å². The first-order valence-electron chi connectivity index (χ1n) is 9.11. The summed E-state index contributed by atoms with van der Waals surface area (Å²) in [5.41, 5.74) is 1.50. The SMILES string of the molecule is C[C@H](c1ccccc1)N1C[C@@H](C(=O)OCC(=O)Nc2ccc(Br)c(Cl)c2)CC1=O. The molecule has 3 rings (SSSR count). The minimum Gasteiger partial charge on any atom is -0.455 e. The van der Waals surface area contributed by atoms with E-state index in [9.17, 15) is 14.4 Å². The third kappa shape index (κ3) is 5.36. The maximum atomic E-state index is 12.4. The van der Waals surface area contributed by atoms with E-state index in [1.165, 1.54) is 0 Å². The van der Waals surface area contributed by atoms with Gasteiger partial charge in [-0.1, -0.05) is 41.9 Å². The third-order valence-corrected chi connectivity index (χ3v) is 6.02. The van der Waals surface area contributed by atoms with E-state index in [0.29, 0.717) is 15.2 Å². The summed E-state index contributed by atoms with van der Waals surface area (Å²) >= 11 is 9.26. The van der Waals surface area contributed by atoms with Gasteiger partial charge in [-0.2, -0.15) is 0 Å². The van der Waals surface area contributed by atoms with Crippen LogP contribution in [0.3, 0.4) is 0 Å². The number of nitrogens with one attached hydrogen (secondary N) is 1. The van der Waals surface area contributed by atoms with Gasteiger partial charge in [-0.05, 0) is 46.6 Å². The number of rotatable bonds is 6. The number of benzene rings is 2. The Balaban J connectivity index is 1.51. The molecule has 152 valence electrons. The van der Waals surface area contributed by atoms with Crippen LogP contribution in [-0.4, -0.2) is 35.8 Å². The molecule has 1 saturated heterocycles. The fraction of sp³-hybridized carbons (Fsp3) is 0.286. The molecule has 2 aromatic carbocycles. The maximum Gasteiger partial charge on any atom is 0.311 e. The Morgan fingerprint density at radius 1 is 1.28 bits per heavy atom. The molecule has 0 aliphatic carbocycles. The average Bonchev–Trinajstić information content (AvgIpc) is 3.11. The molecule has 1 heterocycles.